The molecule has 1 aliphatic heterocycles. The van der Waals surface area contributed by atoms with Crippen molar-refractivity contribution in [1.82, 2.24) is 15.2 Å². The van der Waals surface area contributed by atoms with E-state index in [9.17, 15) is 4.79 Å². The van der Waals surface area contributed by atoms with E-state index in [1.807, 2.05) is 35.2 Å². The van der Waals surface area contributed by atoms with E-state index in [0.29, 0.717) is 6.54 Å². The van der Waals surface area contributed by atoms with Crippen LogP contribution in [0.5, 0.6) is 11.5 Å². The molecule has 2 amide bonds. The van der Waals surface area contributed by atoms with Crippen LogP contribution in [0.3, 0.4) is 0 Å². The summed E-state index contributed by atoms with van der Waals surface area (Å²) >= 11 is 0. The Bertz CT molecular complexity index is 752. The number of benzene rings is 1. The van der Waals surface area contributed by atoms with Crippen LogP contribution in [0.4, 0.5) is 4.79 Å². The number of carbonyl (C=O) groups is 1. The molecule has 1 fully saturated rings. The Hall–Kier alpha value is -2.76. The van der Waals surface area contributed by atoms with Gasteiger partial charge in [0, 0.05) is 25.5 Å². The summed E-state index contributed by atoms with van der Waals surface area (Å²) in [6.45, 7) is 1.45. The van der Waals surface area contributed by atoms with Gasteiger partial charge in [0.2, 0.25) is 0 Å². The van der Waals surface area contributed by atoms with Crippen LogP contribution in [0.2, 0.25) is 0 Å². The highest BCUT2D eigenvalue weighted by Crippen LogP contribution is 2.31. The van der Waals surface area contributed by atoms with Gasteiger partial charge < -0.3 is 19.7 Å². The molecule has 1 aromatic carbocycles. The second kappa shape index (κ2) is 9.26. The topological polar surface area (TPSA) is 63.7 Å². The molecule has 2 aromatic rings. The summed E-state index contributed by atoms with van der Waals surface area (Å²) in [4.78, 5) is 18.6. The SMILES string of the molecule is COc1ccc(CCCNC(=O)N2CCC[C@@H]2c2ccncc2)cc1OC. The fraction of sp³-hybridized carbons (Fsp3) is 0.429. The van der Waals surface area contributed by atoms with Crippen LogP contribution >= 0.6 is 0 Å². The van der Waals surface area contributed by atoms with E-state index in [1.165, 1.54) is 0 Å². The van der Waals surface area contributed by atoms with Crippen LogP contribution in [0.1, 0.15) is 36.4 Å². The monoisotopic (exact) mass is 369 g/mol. The predicted octanol–water partition coefficient (Wildman–Crippen LogP) is 3.58. The Labute approximate surface area is 160 Å². The van der Waals surface area contributed by atoms with Gasteiger partial charge in [0.25, 0.3) is 0 Å². The van der Waals surface area contributed by atoms with Gasteiger partial charge in [-0.2, -0.15) is 0 Å². The standard InChI is InChI=1S/C21H27N3O3/c1-26-19-8-7-16(15-20(19)27-2)5-3-11-23-21(25)24-14-4-6-18(24)17-9-12-22-13-10-17/h7-10,12-13,15,18H,3-6,11,14H2,1-2H3,(H,23,25)/t18-/m1/s1. The molecule has 6 heteroatoms. The molecule has 1 aromatic heterocycles. The normalized spacial score (nSPS) is 16.2. The maximum Gasteiger partial charge on any atom is 0.317 e. The van der Waals surface area contributed by atoms with Crippen LogP contribution < -0.4 is 14.8 Å². The number of methoxy groups -OCH3 is 2. The number of pyridine rings is 1. The molecule has 1 atom stereocenters. The zero-order valence-electron chi connectivity index (χ0n) is 16.0. The summed E-state index contributed by atoms with van der Waals surface area (Å²) in [7, 11) is 3.27. The molecule has 0 unspecified atom stereocenters. The quantitative estimate of drug-likeness (QED) is 0.758. The molecule has 1 N–H and O–H groups in total. The molecule has 0 spiro atoms. The van der Waals surface area contributed by atoms with Crippen molar-refractivity contribution in [1.29, 1.82) is 0 Å². The van der Waals surface area contributed by atoms with Crippen LogP contribution in [-0.4, -0.2) is 43.2 Å². The van der Waals surface area contributed by atoms with Crippen molar-refractivity contribution in [3.8, 4) is 11.5 Å². The zero-order valence-corrected chi connectivity index (χ0v) is 16.0. The Morgan fingerprint density at radius 2 is 1.96 bits per heavy atom. The first-order chi connectivity index (χ1) is 13.2. The highest BCUT2D eigenvalue weighted by atomic mass is 16.5. The third-order valence-corrected chi connectivity index (χ3v) is 4.97. The smallest absolute Gasteiger partial charge is 0.317 e. The fourth-order valence-corrected chi connectivity index (χ4v) is 3.57. The van der Waals surface area contributed by atoms with E-state index >= 15 is 0 Å². The van der Waals surface area contributed by atoms with E-state index in [0.717, 1.165) is 54.9 Å². The summed E-state index contributed by atoms with van der Waals surface area (Å²) in [6, 6.07) is 10.1. The minimum Gasteiger partial charge on any atom is -0.493 e. The number of carbonyl (C=O) groups excluding carboxylic acids is 1. The minimum absolute atomic E-state index is 0.0154. The van der Waals surface area contributed by atoms with Gasteiger partial charge in [-0.1, -0.05) is 6.07 Å². The molecule has 1 saturated heterocycles. The summed E-state index contributed by atoms with van der Waals surface area (Å²) in [5, 5.41) is 3.06. The van der Waals surface area contributed by atoms with Gasteiger partial charge in [-0.25, -0.2) is 4.79 Å². The predicted molar refractivity (Wildman–Crippen MR) is 104 cm³/mol. The lowest BCUT2D eigenvalue weighted by atomic mass is 10.1. The molecular weight excluding hydrogens is 342 g/mol. The van der Waals surface area contributed by atoms with Crippen LogP contribution in [0, 0.1) is 0 Å². The average molecular weight is 369 g/mol. The summed E-state index contributed by atoms with van der Waals surface area (Å²) < 4.78 is 10.6. The number of ether oxygens (including phenoxy) is 2. The van der Waals surface area contributed by atoms with Gasteiger partial charge in [-0.3, -0.25) is 4.98 Å². The molecule has 0 bridgehead atoms. The maximum atomic E-state index is 12.6. The molecule has 27 heavy (non-hydrogen) atoms. The molecule has 0 radical (unpaired) electrons. The van der Waals surface area contributed by atoms with Crippen LogP contribution in [0.15, 0.2) is 42.7 Å². The number of nitrogens with zero attached hydrogens (tertiary/aromatic N) is 2. The molecular formula is C21H27N3O3. The van der Waals surface area contributed by atoms with E-state index in [1.54, 1.807) is 26.6 Å². The first-order valence-electron chi connectivity index (χ1n) is 9.38. The number of rotatable bonds is 7. The van der Waals surface area contributed by atoms with Crippen molar-refractivity contribution in [3.63, 3.8) is 0 Å². The highest BCUT2D eigenvalue weighted by Gasteiger charge is 2.29. The van der Waals surface area contributed by atoms with Gasteiger partial charge in [0.1, 0.15) is 0 Å². The van der Waals surface area contributed by atoms with E-state index in [4.69, 9.17) is 9.47 Å². The first-order valence-corrected chi connectivity index (χ1v) is 9.38. The van der Waals surface area contributed by atoms with Crippen molar-refractivity contribution < 1.29 is 14.3 Å². The van der Waals surface area contributed by atoms with E-state index in [-0.39, 0.29) is 12.1 Å². The number of aromatic nitrogens is 1. The van der Waals surface area contributed by atoms with Crippen LogP contribution in [0.25, 0.3) is 0 Å². The van der Waals surface area contributed by atoms with Crippen molar-refractivity contribution in [2.45, 2.75) is 31.7 Å². The number of hydrogen-bond donors (Lipinski definition) is 1. The number of aryl methyl sites for hydroxylation is 1. The lowest BCUT2D eigenvalue weighted by Gasteiger charge is -2.25. The molecule has 6 nitrogen and oxygen atoms in total. The Kier molecular flexibility index (Phi) is 6.52. The van der Waals surface area contributed by atoms with Crippen LogP contribution in [-0.2, 0) is 6.42 Å². The average Bonchev–Trinajstić information content (AvgIpc) is 3.21. The molecule has 3 rings (SSSR count). The Morgan fingerprint density at radius 1 is 1.19 bits per heavy atom. The molecule has 2 heterocycles. The number of hydrogen-bond acceptors (Lipinski definition) is 4. The summed E-state index contributed by atoms with van der Waals surface area (Å²) in [5.74, 6) is 1.46. The van der Waals surface area contributed by atoms with Crippen molar-refractivity contribution in [2.75, 3.05) is 27.3 Å². The Balaban J connectivity index is 1.48. The number of urea groups is 1. The van der Waals surface area contributed by atoms with Gasteiger partial charge in [-0.15, -0.1) is 0 Å². The first kappa shape index (κ1) is 19.0. The lowest BCUT2D eigenvalue weighted by Crippen LogP contribution is -2.40. The van der Waals surface area contributed by atoms with E-state index in [2.05, 4.69) is 10.3 Å². The zero-order chi connectivity index (χ0) is 19.1. The number of amides is 2. The Morgan fingerprint density at radius 3 is 2.70 bits per heavy atom. The third-order valence-electron chi connectivity index (χ3n) is 4.97. The maximum absolute atomic E-state index is 12.6. The number of nitrogens with one attached hydrogen (secondary N) is 1. The summed E-state index contributed by atoms with van der Waals surface area (Å²) in [6.07, 6.45) is 7.35. The van der Waals surface area contributed by atoms with E-state index < -0.39 is 0 Å². The van der Waals surface area contributed by atoms with Gasteiger partial charge in [-0.05, 0) is 61.1 Å². The van der Waals surface area contributed by atoms with Crippen molar-refractivity contribution in [3.05, 3.63) is 53.9 Å². The second-order valence-corrected chi connectivity index (χ2v) is 6.66. The minimum atomic E-state index is 0.0154. The number of likely N-dealkylation sites (tertiary alicyclic amines) is 1. The van der Waals surface area contributed by atoms with Gasteiger partial charge in [0.05, 0.1) is 20.3 Å². The molecule has 0 saturated carbocycles. The summed E-state index contributed by atoms with van der Waals surface area (Å²) in [5.41, 5.74) is 2.32. The lowest BCUT2D eigenvalue weighted by molar-refractivity contribution is 0.193. The third kappa shape index (κ3) is 4.70. The van der Waals surface area contributed by atoms with Gasteiger partial charge >= 0.3 is 6.03 Å². The van der Waals surface area contributed by atoms with Crippen molar-refractivity contribution >= 4 is 6.03 Å². The second-order valence-electron chi connectivity index (χ2n) is 6.66. The molecule has 1 aliphatic rings. The van der Waals surface area contributed by atoms with Gasteiger partial charge in [0.15, 0.2) is 11.5 Å². The highest BCUT2D eigenvalue weighted by molar-refractivity contribution is 5.75. The largest absolute Gasteiger partial charge is 0.493 e. The van der Waals surface area contributed by atoms with Crippen molar-refractivity contribution in [2.24, 2.45) is 0 Å². The fourth-order valence-electron chi connectivity index (χ4n) is 3.57. The molecule has 0 aliphatic carbocycles. The molecule has 144 valence electrons.